The molecule has 1 amide bonds. The van der Waals surface area contributed by atoms with Crippen molar-refractivity contribution in [3.05, 3.63) is 18.5 Å². The zero-order valence-electron chi connectivity index (χ0n) is 13.1. The molecule has 21 heavy (non-hydrogen) atoms. The number of carbonyl (C=O) groups is 1. The zero-order valence-corrected chi connectivity index (χ0v) is 13.9. The summed E-state index contributed by atoms with van der Waals surface area (Å²) < 4.78 is 7.37. The lowest BCUT2D eigenvalue weighted by atomic mass is 10.1. The molecule has 5 nitrogen and oxygen atoms in total. The SMILES string of the molecule is CC(C)(C)OC(=O)N1CCC(SCCn2cccn2)CC1. The van der Waals surface area contributed by atoms with Crippen molar-refractivity contribution < 1.29 is 9.53 Å². The maximum atomic E-state index is 12.0. The highest BCUT2D eigenvalue weighted by molar-refractivity contribution is 7.99. The average Bonchev–Trinajstić information content (AvgIpc) is 2.91. The third-order valence-corrected chi connectivity index (χ3v) is 4.69. The van der Waals surface area contributed by atoms with Crippen molar-refractivity contribution in [2.45, 2.75) is 51.0 Å². The minimum atomic E-state index is -0.410. The second kappa shape index (κ2) is 7.20. The maximum Gasteiger partial charge on any atom is 0.410 e. The monoisotopic (exact) mass is 311 g/mol. The largest absolute Gasteiger partial charge is 0.444 e. The number of thioether (sulfide) groups is 1. The van der Waals surface area contributed by atoms with Crippen LogP contribution in [0.1, 0.15) is 33.6 Å². The number of hydrogen-bond donors (Lipinski definition) is 0. The molecule has 0 unspecified atom stereocenters. The normalized spacial score (nSPS) is 17.0. The fourth-order valence-corrected chi connectivity index (χ4v) is 3.45. The van der Waals surface area contributed by atoms with Gasteiger partial charge >= 0.3 is 6.09 Å². The molecular weight excluding hydrogens is 286 g/mol. The Hall–Kier alpha value is -1.17. The Morgan fingerprint density at radius 2 is 2.10 bits per heavy atom. The molecule has 1 aromatic rings. The summed E-state index contributed by atoms with van der Waals surface area (Å²) in [5, 5.41) is 4.84. The van der Waals surface area contributed by atoms with Crippen molar-refractivity contribution in [3.8, 4) is 0 Å². The van der Waals surface area contributed by atoms with E-state index in [1.165, 1.54) is 0 Å². The molecule has 1 saturated heterocycles. The number of carbonyl (C=O) groups excluding carboxylic acids is 1. The van der Waals surface area contributed by atoms with Crippen LogP contribution in [0, 0.1) is 0 Å². The molecule has 0 atom stereocenters. The molecule has 0 aromatic carbocycles. The molecular formula is C15H25N3O2S. The minimum Gasteiger partial charge on any atom is -0.444 e. The Balaban J connectivity index is 1.65. The van der Waals surface area contributed by atoms with Gasteiger partial charge in [0.05, 0.1) is 0 Å². The van der Waals surface area contributed by atoms with Crippen LogP contribution in [0.25, 0.3) is 0 Å². The third kappa shape index (κ3) is 5.61. The molecule has 0 bridgehead atoms. The Kier molecular flexibility index (Phi) is 5.56. The molecule has 2 heterocycles. The Labute approximate surface area is 131 Å². The lowest BCUT2D eigenvalue weighted by Gasteiger charge is -2.33. The molecule has 1 aromatic heterocycles. The average molecular weight is 311 g/mol. The van der Waals surface area contributed by atoms with Gasteiger partial charge in [-0.05, 0) is 39.7 Å². The van der Waals surface area contributed by atoms with E-state index >= 15 is 0 Å². The van der Waals surface area contributed by atoms with Crippen LogP contribution in [0.2, 0.25) is 0 Å². The van der Waals surface area contributed by atoms with Gasteiger partial charge in [0.1, 0.15) is 5.60 Å². The van der Waals surface area contributed by atoms with E-state index in [-0.39, 0.29) is 6.09 Å². The summed E-state index contributed by atoms with van der Waals surface area (Å²) in [6, 6.07) is 1.95. The number of amides is 1. The van der Waals surface area contributed by atoms with Gasteiger partial charge in [0.25, 0.3) is 0 Å². The summed E-state index contributed by atoms with van der Waals surface area (Å²) in [5.74, 6) is 1.07. The van der Waals surface area contributed by atoms with Gasteiger partial charge < -0.3 is 9.64 Å². The second-order valence-corrected chi connectivity index (χ2v) is 7.71. The van der Waals surface area contributed by atoms with Gasteiger partial charge in [-0.15, -0.1) is 0 Å². The molecule has 6 heteroatoms. The topological polar surface area (TPSA) is 47.4 Å². The van der Waals surface area contributed by atoms with Crippen LogP contribution in [0.4, 0.5) is 4.79 Å². The van der Waals surface area contributed by atoms with Crippen molar-refractivity contribution in [1.82, 2.24) is 14.7 Å². The van der Waals surface area contributed by atoms with Gasteiger partial charge in [0, 0.05) is 43.0 Å². The van der Waals surface area contributed by atoms with Crippen molar-refractivity contribution in [2.75, 3.05) is 18.8 Å². The van der Waals surface area contributed by atoms with Gasteiger partial charge in [-0.25, -0.2) is 4.79 Å². The highest BCUT2D eigenvalue weighted by Crippen LogP contribution is 2.24. The fraction of sp³-hybridized carbons (Fsp3) is 0.733. The van der Waals surface area contributed by atoms with Gasteiger partial charge in [0.2, 0.25) is 0 Å². The third-order valence-electron chi connectivity index (χ3n) is 3.33. The van der Waals surface area contributed by atoms with Gasteiger partial charge in [-0.3, -0.25) is 4.68 Å². The van der Waals surface area contributed by atoms with Crippen LogP contribution in [0.5, 0.6) is 0 Å². The summed E-state index contributed by atoms with van der Waals surface area (Å²) in [6.07, 6.45) is 5.71. The maximum absolute atomic E-state index is 12.0. The van der Waals surface area contributed by atoms with E-state index in [9.17, 15) is 4.79 Å². The van der Waals surface area contributed by atoms with E-state index in [1.807, 2.05) is 60.6 Å². The molecule has 2 rings (SSSR count). The first-order valence-corrected chi connectivity index (χ1v) is 8.56. The number of nitrogens with zero attached hydrogens (tertiary/aromatic N) is 3. The first-order chi connectivity index (χ1) is 9.94. The van der Waals surface area contributed by atoms with Gasteiger partial charge in [0.15, 0.2) is 0 Å². The number of hydrogen-bond acceptors (Lipinski definition) is 4. The second-order valence-electron chi connectivity index (χ2n) is 6.31. The standard InChI is InChI=1S/C15H25N3O2S/c1-15(2,3)20-14(19)17-9-5-13(6-10-17)21-12-11-18-8-4-7-16-18/h4,7-8,13H,5-6,9-12H2,1-3H3. The summed E-state index contributed by atoms with van der Waals surface area (Å²) in [4.78, 5) is 13.8. The van der Waals surface area contributed by atoms with Crippen molar-refractivity contribution in [2.24, 2.45) is 0 Å². The quantitative estimate of drug-likeness (QED) is 0.857. The number of likely N-dealkylation sites (tertiary alicyclic amines) is 1. The Morgan fingerprint density at radius 1 is 1.38 bits per heavy atom. The summed E-state index contributed by atoms with van der Waals surface area (Å²) in [7, 11) is 0. The molecule has 0 aliphatic carbocycles. The summed E-state index contributed by atoms with van der Waals surface area (Å²) >= 11 is 1.98. The van der Waals surface area contributed by atoms with Crippen LogP contribution in [-0.2, 0) is 11.3 Å². The lowest BCUT2D eigenvalue weighted by Crippen LogP contribution is -2.42. The highest BCUT2D eigenvalue weighted by Gasteiger charge is 2.26. The highest BCUT2D eigenvalue weighted by atomic mass is 32.2. The van der Waals surface area contributed by atoms with E-state index in [2.05, 4.69) is 5.10 Å². The first-order valence-electron chi connectivity index (χ1n) is 7.51. The van der Waals surface area contributed by atoms with Crippen molar-refractivity contribution in [1.29, 1.82) is 0 Å². The molecule has 0 spiro atoms. The van der Waals surface area contributed by atoms with Crippen molar-refractivity contribution in [3.63, 3.8) is 0 Å². The van der Waals surface area contributed by atoms with E-state index in [0.717, 1.165) is 38.2 Å². The number of rotatable bonds is 4. The molecule has 118 valence electrons. The summed E-state index contributed by atoms with van der Waals surface area (Å²) in [5.41, 5.74) is -0.410. The predicted octanol–water partition coefficient (Wildman–Crippen LogP) is 3.02. The molecule has 1 aliphatic rings. The Morgan fingerprint density at radius 3 is 2.67 bits per heavy atom. The van der Waals surface area contributed by atoms with E-state index in [1.54, 1.807) is 0 Å². The van der Waals surface area contributed by atoms with Crippen LogP contribution in [-0.4, -0.2) is 50.5 Å². The predicted molar refractivity (Wildman–Crippen MR) is 85.5 cm³/mol. The van der Waals surface area contributed by atoms with Crippen LogP contribution < -0.4 is 0 Å². The first kappa shape index (κ1) is 16.2. The van der Waals surface area contributed by atoms with E-state index in [0.29, 0.717) is 5.25 Å². The molecule has 1 aliphatic heterocycles. The molecule has 0 saturated carbocycles. The van der Waals surface area contributed by atoms with Crippen LogP contribution >= 0.6 is 11.8 Å². The van der Waals surface area contributed by atoms with Crippen LogP contribution in [0.3, 0.4) is 0 Å². The molecule has 0 radical (unpaired) electrons. The fourth-order valence-electron chi connectivity index (χ4n) is 2.28. The number of piperidine rings is 1. The van der Waals surface area contributed by atoms with Crippen molar-refractivity contribution >= 4 is 17.9 Å². The lowest BCUT2D eigenvalue weighted by molar-refractivity contribution is 0.0219. The number of aryl methyl sites for hydroxylation is 1. The zero-order chi connectivity index (χ0) is 15.3. The Bertz CT molecular complexity index is 434. The summed E-state index contributed by atoms with van der Waals surface area (Å²) in [6.45, 7) is 8.26. The molecule has 0 N–H and O–H groups in total. The van der Waals surface area contributed by atoms with E-state index < -0.39 is 5.60 Å². The van der Waals surface area contributed by atoms with Gasteiger partial charge in [-0.1, -0.05) is 0 Å². The number of ether oxygens (including phenoxy) is 1. The van der Waals surface area contributed by atoms with Gasteiger partial charge in [-0.2, -0.15) is 16.9 Å². The van der Waals surface area contributed by atoms with Crippen LogP contribution in [0.15, 0.2) is 18.5 Å². The smallest absolute Gasteiger partial charge is 0.410 e. The van der Waals surface area contributed by atoms with E-state index in [4.69, 9.17) is 4.74 Å². The number of aromatic nitrogens is 2. The minimum absolute atomic E-state index is 0.178. The molecule has 1 fully saturated rings.